The number of nitro benzene ring substituents is 1. The van der Waals surface area contributed by atoms with Gasteiger partial charge in [-0.1, -0.05) is 12.1 Å². The highest BCUT2D eigenvalue weighted by Crippen LogP contribution is 2.15. The Morgan fingerprint density at radius 2 is 2.25 bits per heavy atom. The van der Waals surface area contributed by atoms with E-state index >= 15 is 0 Å². The summed E-state index contributed by atoms with van der Waals surface area (Å²) >= 11 is 0. The zero-order chi connectivity index (χ0) is 17.7. The van der Waals surface area contributed by atoms with Crippen molar-refractivity contribution in [2.24, 2.45) is 16.1 Å². The summed E-state index contributed by atoms with van der Waals surface area (Å²) in [5.74, 6) is -0.943. The quantitative estimate of drug-likeness (QED) is 0.463. The van der Waals surface area contributed by atoms with E-state index in [0.717, 1.165) is 0 Å². The number of carbonyl (C=O) groups excluding carboxylic acids is 2. The van der Waals surface area contributed by atoms with E-state index < -0.39 is 10.8 Å². The molecule has 0 saturated heterocycles. The molecule has 1 atom stereocenters. The Hall–Kier alpha value is -3.10. The average molecular weight is 331 g/mol. The molecule has 0 spiro atoms. The second kappa shape index (κ2) is 7.44. The van der Waals surface area contributed by atoms with Crippen LogP contribution in [-0.2, 0) is 9.59 Å². The molecule has 2 rings (SSSR count). The Morgan fingerprint density at radius 1 is 1.50 bits per heavy atom. The van der Waals surface area contributed by atoms with Gasteiger partial charge < -0.3 is 0 Å². The van der Waals surface area contributed by atoms with E-state index in [-0.39, 0.29) is 23.9 Å². The van der Waals surface area contributed by atoms with Crippen molar-refractivity contribution in [3.8, 4) is 0 Å². The molecule has 1 aliphatic rings. The Labute approximate surface area is 138 Å². The average Bonchev–Trinajstić information content (AvgIpc) is 2.89. The number of rotatable bonds is 6. The van der Waals surface area contributed by atoms with Gasteiger partial charge in [0.15, 0.2) is 0 Å². The zero-order valence-corrected chi connectivity index (χ0v) is 13.3. The lowest BCUT2D eigenvalue weighted by Crippen LogP contribution is -2.25. The predicted molar refractivity (Wildman–Crippen MR) is 87.4 cm³/mol. The van der Waals surface area contributed by atoms with Gasteiger partial charge in [-0.3, -0.25) is 19.7 Å². The smallest absolute Gasteiger partial charge is 0.270 e. The molecule has 0 saturated carbocycles. The van der Waals surface area contributed by atoms with Crippen LogP contribution in [-0.4, -0.2) is 28.2 Å². The number of benzene rings is 1. The number of nitrogens with zero attached hydrogens (tertiary/aromatic N) is 3. The maximum Gasteiger partial charge on any atom is 0.270 e. The van der Waals surface area contributed by atoms with Gasteiger partial charge in [-0.15, -0.1) is 0 Å². The van der Waals surface area contributed by atoms with Crippen LogP contribution in [0.1, 0.15) is 32.3 Å². The SMILES string of the molecule is CC1=NNC(=O)[C@H]1CCC(=O)N/N=C(\C)c1cccc([N+](=O)[O-])c1. The Kier molecular flexibility index (Phi) is 5.35. The standard InChI is InChI=1S/C15H17N5O4/c1-9(11-4-3-5-12(8-11)20(23)24)16-18-14(21)7-6-13-10(2)17-19-15(13)22/h3-5,8,13H,6-7H2,1-2H3,(H,18,21)(H,19,22)/b16-9+/t13-/m0/s1. The largest absolute Gasteiger partial charge is 0.273 e. The Balaban J connectivity index is 1.91. The minimum Gasteiger partial charge on any atom is -0.273 e. The summed E-state index contributed by atoms with van der Waals surface area (Å²) in [6, 6.07) is 5.98. The van der Waals surface area contributed by atoms with Gasteiger partial charge in [0.2, 0.25) is 11.8 Å². The highest BCUT2D eigenvalue weighted by atomic mass is 16.6. The lowest BCUT2D eigenvalue weighted by atomic mass is 9.99. The van der Waals surface area contributed by atoms with Crippen LogP contribution in [0.4, 0.5) is 5.69 Å². The first-order chi connectivity index (χ1) is 11.4. The van der Waals surface area contributed by atoms with E-state index in [2.05, 4.69) is 21.1 Å². The van der Waals surface area contributed by atoms with Gasteiger partial charge in [0.05, 0.1) is 16.6 Å². The van der Waals surface area contributed by atoms with Crippen molar-refractivity contribution in [1.29, 1.82) is 0 Å². The second-order valence-corrected chi connectivity index (χ2v) is 5.36. The van der Waals surface area contributed by atoms with Crippen LogP contribution in [0.25, 0.3) is 0 Å². The monoisotopic (exact) mass is 331 g/mol. The van der Waals surface area contributed by atoms with E-state index in [1.54, 1.807) is 26.0 Å². The molecule has 1 aliphatic heterocycles. The first-order valence-corrected chi connectivity index (χ1v) is 7.30. The maximum absolute atomic E-state index is 11.8. The number of hydrazone groups is 2. The molecule has 9 heteroatoms. The number of non-ortho nitro benzene ring substituents is 1. The summed E-state index contributed by atoms with van der Waals surface area (Å²) in [4.78, 5) is 33.6. The van der Waals surface area contributed by atoms with Crippen molar-refractivity contribution < 1.29 is 14.5 Å². The van der Waals surface area contributed by atoms with Gasteiger partial charge in [0.1, 0.15) is 0 Å². The molecule has 1 aromatic carbocycles. The fourth-order valence-corrected chi connectivity index (χ4v) is 2.22. The van der Waals surface area contributed by atoms with Crippen LogP contribution in [0.15, 0.2) is 34.5 Å². The van der Waals surface area contributed by atoms with Gasteiger partial charge in [-0.2, -0.15) is 10.2 Å². The Bertz CT molecular complexity index is 741. The van der Waals surface area contributed by atoms with Crippen LogP contribution >= 0.6 is 0 Å². The number of hydrogen-bond donors (Lipinski definition) is 2. The summed E-state index contributed by atoms with van der Waals surface area (Å²) in [6.45, 7) is 3.37. The summed E-state index contributed by atoms with van der Waals surface area (Å²) in [7, 11) is 0. The van der Waals surface area contributed by atoms with Gasteiger partial charge in [-0.25, -0.2) is 10.9 Å². The predicted octanol–water partition coefficient (Wildman–Crippen LogP) is 1.34. The van der Waals surface area contributed by atoms with E-state index in [9.17, 15) is 19.7 Å². The van der Waals surface area contributed by atoms with Gasteiger partial charge in [0.25, 0.3) is 5.69 Å². The second-order valence-electron chi connectivity index (χ2n) is 5.36. The lowest BCUT2D eigenvalue weighted by Gasteiger charge is -2.07. The van der Waals surface area contributed by atoms with Crippen molar-refractivity contribution in [3.63, 3.8) is 0 Å². The summed E-state index contributed by atoms with van der Waals surface area (Å²) < 4.78 is 0. The van der Waals surface area contributed by atoms with Gasteiger partial charge in [0, 0.05) is 29.8 Å². The third kappa shape index (κ3) is 4.22. The number of hydrogen-bond acceptors (Lipinski definition) is 6. The molecule has 24 heavy (non-hydrogen) atoms. The van der Waals surface area contributed by atoms with E-state index in [0.29, 0.717) is 23.4 Å². The van der Waals surface area contributed by atoms with Gasteiger partial charge >= 0.3 is 0 Å². The van der Waals surface area contributed by atoms with Crippen molar-refractivity contribution in [3.05, 3.63) is 39.9 Å². The molecular weight excluding hydrogens is 314 g/mol. The molecule has 0 bridgehead atoms. The highest BCUT2D eigenvalue weighted by molar-refractivity contribution is 6.07. The van der Waals surface area contributed by atoms with E-state index in [1.165, 1.54) is 12.1 Å². The fraction of sp³-hybridized carbons (Fsp3) is 0.333. The molecule has 0 aromatic heterocycles. The molecule has 2 N–H and O–H groups in total. The molecule has 126 valence electrons. The molecule has 2 amide bonds. The molecule has 0 radical (unpaired) electrons. The zero-order valence-electron chi connectivity index (χ0n) is 13.3. The molecule has 0 aliphatic carbocycles. The molecular formula is C15H17N5O4. The van der Waals surface area contributed by atoms with Crippen LogP contribution < -0.4 is 10.9 Å². The van der Waals surface area contributed by atoms with Gasteiger partial charge in [-0.05, 0) is 20.3 Å². The number of amides is 2. The van der Waals surface area contributed by atoms with Crippen molar-refractivity contribution in [1.82, 2.24) is 10.9 Å². The van der Waals surface area contributed by atoms with Crippen molar-refractivity contribution in [2.75, 3.05) is 0 Å². The summed E-state index contributed by atoms with van der Waals surface area (Å²) in [6.07, 6.45) is 0.467. The number of nitrogens with one attached hydrogen (secondary N) is 2. The van der Waals surface area contributed by atoms with E-state index in [4.69, 9.17) is 0 Å². The molecule has 1 aromatic rings. The maximum atomic E-state index is 11.8. The normalized spacial score (nSPS) is 17.2. The third-order valence-corrected chi connectivity index (χ3v) is 3.65. The summed E-state index contributed by atoms with van der Waals surface area (Å²) in [5.41, 5.74) is 6.36. The number of carbonyl (C=O) groups is 2. The lowest BCUT2D eigenvalue weighted by molar-refractivity contribution is -0.384. The number of nitro groups is 1. The fourth-order valence-electron chi connectivity index (χ4n) is 2.22. The topological polar surface area (TPSA) is 126 Å². The first kappa shape index (κ1) is 17.3. The summed E-state index contributed by atoms with van der Waals surface area (Å²) in [5, 5.41) is 18.5. The van der Waals surface area contributed by atoms with Crippen molar-refractivity contribution >= 4 is 28.9 Å². The van der Waals surface area contributed by atoms with E-state index in [1.807, 2.05) is 0 Å². The molecule has 0 unspecified atom stereocenters. The molecule has 0 fully saturated rings. The van der Waals surface area contributed by atoms with Crippen LogP contribution in [0.3, 0.4) is 0 Å². The minimum atomic E-state index is -0.494. The third-order valence-electron chi connectivity index (χ3n) is 3.65. The minimum absolute atomic E-state index is 0.0459. The van der Waals surface area contributed by atoms with Crippen LogP contribution in [0.5, 0.6) is 0 Å². The molecule has 1 heterocycles. The van der Waals surface area contributed by atoms with Crippen LogP contribution in [0, 0.1) is 16.0 Å². The Morgan fingerprint density at radius 3 is 2.88 bits per heavy atom. The molecule has 9 nitrogen and oxygen atoms in total. The van der Waals surface area contributed by atoms with Crippen LogP contribution in [0.2, 0.25) is 0 Å². The van der Waals surface area contributed by atoms with Crippen molar-refractivity contribution in [2.45, 2.75) is 26.7 Å². The highest BCUT2D eigenvalue weighted by Gasteiger charge is 2.27. The first-order valence-electron chi connectivity index (χ1n) is 7.30.